The molecule has 25 heavy (non-hydrogen) atoms. The second kappa shape index (κ2) is 6.93. The van der Waals surface area contributed by atoms with E-state index in [0.29, 0.717) is 36.9 Å². The number of rotatable bonds is 4. The molecule has 1 aliphatic heterocycles. The lowest BCUT2D eigenvalue weighted by atomic mass is 10.1. The molecule has 3 N–H and O–H groups in total. The summed E-state index contributed by atoms with van der Waals surface area (Å²) in [5.41, 5.74) is 6.25. The highest BCUT2D eigenvalue weighted by Gasteiger charge is 2.28. The van der Waals surface area contributed by atoms with E-state index in [4.69, 9.17) is 10.5 Å². The molecule has 0 saturated carbocycles. The summed E-state index contributed by atoms with van der Waals surface area (Å²) in [4.78, 5) is 36.1. The van der Waals surface area contributed by atoms with Crippen LogP contribution in [0.25, 0.3) is 10.2 Å². The number of nitrogens with two attached hydrogens (primary N) is 1. The Labute approximate surface area is 149 Å². The van der Waals surface area contributed by atoms with Crippen molar-refractivity contribution in [3.05, 3.63) is 16.3 Å². The Hall–Kier alpha value is -2.26. The molecule has 8 nitrogen and oxygen atoms in total. The first-order chi connectivity index (χ1) is 11.9. The van der Waals surface area contributed by atoms with Gasteiger partial charge >= 0.3 is 5.97 Å². The number of nitrogens with zero attached hydrogens (tertiary/aromatic N) is 3. The number of nitrogens with one attached hydrogen (secondary N) is 1. The molecular weight excluding hydrogens is 342 g/mol. The second-order valence-corrected chi connectivity index (χ2v) is 6.91. The van der Waals surface area contributed by atoms with Gasteiger partial charge in [0.05, 0.1) is 12.0 Å². The molecule has 1 saturated heterocycles. The number of carbonyl (C=O) groups is 2. The zero-order chi connectivity index (χ0) is 18.1. The second-order valence-electron chi connectivity index (χ2n) is 5.91. The van der Waals surface area contributed by atoms with Crippen LogP contribution in [0.2, 0.25) is 0 Å². The highest BCUT2D eigenvalue weighted by molar-refractivity contribution is 7.20. The first-order valence-corrected chi connectivity index (χ1v) is 8.96. The Morgan fingerprint density at radius 2 is 2.16 bits per heavy atom. The standard InChI is InChI=1S/C16H21N5O3S/c1-4-24-16(23)12-8(2)11-14(19-9(3)20-15(11)25-12)21-6-5-18-10(7-21)13(17)22/h10,18H,4-7H2,1-3H3,(H2,17,22)/t10-/m0/s1. The predicted molar refractivity (Wildman–Crippen MR) is 96.0 cm³/mol. The summed E-state index contributed by atoms with van der Waals surface area (Å²) in [7, 11) is 0. The van der Waals surface area contributed by atoms with E-state index < -0.39 is 6.04 Å². The lowest BCUT2D eigenvalue weighted by Crippen LogP contribution is -2.56. The molecule has 0 bridgehead atoms. The number of esters is 1. The zero-order valence-electron chi connectivity index (χ0n) is 14.5. The quantitative estimate of drug-likeness (QED) is 0.771. The van der Waals surface area contributed by atoms with Crippen molar-refractivity contribution in [2.45, 2.75) is 26.8 Å². The first-order valence-electron chi connectivity index (χ1n) is 8.14. The van der Waals surface area contributed by atoms with Gasteiger partial charge in [0.25, 0.3) is 0 Å². The number of amides is 1. The molecule has 3 rings (SSSR count). The van der Waals surface area contributed by atoms with Crippen molar-refractivity contribution in [2.75, 3.05) is 31.1 Å². The zero-order valence-corrected chi connectivity index (χ0v) is 15.3. The van der Waals surface area contributed by atoms with Crippen molar-refractivity contribution in [3.8, 4) is 0 Å². The Morgan fingerprint density at radius 3 is 2.84 bits per heavy atom. The number of thiophene rings is 1. The molecule has 0 spiro atoms. The number of piperazine rings is 1. The maximum Gasteiger partial charge on any atom is 0.348 e. The summed E-state index contributed by atoms with van der Waals surface area (Å²) < 4.78 is 5.14. The van der Waals surface area contributed by atoms with Gasteiger partial charge in [-0.3, -0.25) is 4.79 Å². The number of ether oxygens (including phenoxy) is 1. The van der Waals surface area contributed by atoms with Gasteiger partial charge < -0.3 is 20.7 Å². The van der Waals surface area contributed by atoms with Crippen LogP contribution in [-0.2, 0) is 9.53 Å². The van der Waals surface area contributed by atoms with Crippen molar-refractivity contribution < 1.29 is 14.3 Å². The number of primary amides is 1. The molecule has 0 aromatic carbocycles. The molecular formula is C16H21N5O3S. The van der Waals surface area contributed by atoms with Gasteiger partial charge in [0.1, 0.15) is 27.4 Å². The predicted octanol–water partition coefficient (Wildman–Crippen LogP) is 0.748. The third kappa shape index (κ3) is 3.29. The average molecular weight is 363 g/mol. The Balaban J connectivity index is 2.08. The number of anilines is 1. The highest BCUT2D eigenvalue weighted by atomic mass is 32.1. The number of aryl methyl sites for hydroxylation is 2. The summed E-state index contributed by atoms with van der Waals surface area (Å²) in [6.45, 7) is 7.55. The largest absolute Gasteiger partial charge is 0.462 e. The fraction of sp³-hybridized carbons (Fsp3) is 0.500. The maximum atomic E-state index is 12.2. The normalized spacial score (nSPS) is 17.7. The first kappa shape index (κ1) is 17.6. The Morgan fingerprint density at radius 1 is 1.40 bits per heavy atom. The van der Waals surface area contributed by atoms with Gasteiger partial charge in [-0.05, 0) is 26.3 Å². The minimum atomic E-state index is -0.428. The average Bonchev–Trinajstić information content (AvgIpc) is 2.91. The molecule has 1 aliphatic rings. The number of hydrogen-bond donors (Lipinski definition) is 2. The fourth-order valence-corrected chi connectivity index (χ4v) is 4.09. The van der Waals surface area contributed by atoms with E-state index in [1.807, 2.05) is 18.7 Å². The Kier molecular flexibility index (Phi) is 4.87. The van der Waals surface area contributed by atoms with Gasteiger partial charge in [0, 0.05) is 19.6 Å². The smallest absolute Gasteiger partial charge is 0.348 e. The van der Waals surface area contributed by atoms with Gasteiger partial charge in [0.2, 0.25) is 5.91 Å². The third-order valence-corrected chi connectivity index (χ3v) is 5.33. The van der Waals surface area contributed by atoms with Crippen molar-refractivity contribution in [2.24, 2.45) is 5.73 Å². The molecule has 1 amide bonds. The van der Waals surface area contributed by atoms with Crippen molar-refractivity contribution in [1.82, 2.24) is 15.3 Å². The van der Waals surface area contributed by atoms with Crippen LogP contribution in [0.3, 0.4) is 0 Å². The minimum absolute atomic E-state index is 0.322. The van der Waals surface area contributed by atoms with E-state index in [1.165, 1.54) is 11.3 Å². The Bertz CT molecular complexity index is 835. The van der Waals surface area contributed by atoms with Crippen LogP contribution >= 0.6 is 11.3 Å². The van der Waals surface area contributed by atoms with Crippen LogP contribution < -0.4 is 16.0 Å². The van der Waals surface area contributed by atoms with Crippen molar-refractivity contribution in [1.29, 1.82) is 0 Å². The van der Waals surface area contributed by atoms with E-state index >= 15 is 0 Å². The molecule has 2 aromatic heterocycles. The van der Waals surface area contributed by atoms with Crippen LogP contribution in [0.4, 0.5) is 5.82 Å². The van der Waals surface area contributed by atoms with Gasteiger partial charge in [-0.2, -0.15) is 0 Å². The number of aromatic nitrogens is 2. The van der Waals surface area contributed by atoms with Gasteiger partial charge in [-0.15, -0.1) is 11.3 Å². The molecule has 1 atom stereocenters. The van der Waals surface area contributed by atoms with E-state index in [-0.39, 0.29) is 11.9 Å². The van der Waals surface area contributed by atoms with Crippen LogP contribution in [-0.4, -0.2) is 54.1 Å². The molecule has 0 unspecified atom stereocenters. The van der Waals surface area contributed by atoms with Crippen LogP contribution in [0.5, 0.6) is 0 Å². The SMILES string of the molecule is CCOC(=O)c1sc2nc(C)nc(N3CCN[C@H](C(N)=O)C3)c2c1C. The van der Waals surface area contributed by atoms with E-state index in [9.17, 15) is 9.59 Å². The molecule has 3 heterocycles. The topological polar surface area (TPSA) is 110 Å². The molecule has 1 fully saturated rings. The van der Waals surface area contributed by atoms with E-state index in [0.717, 1.165) is 21.6 Å². The summed E-state index contributed by atoms with van der Waals surface area (Å²) in [6.07, 6.45) is 0. The summed E-state index contributed by atoms with van der Waals surface area (Å²) in [5.74, 6) is 0.621. The molecule has 0 radical (unpaired) electrons. The lowest BCUT2D eigenvalue weighted by Gasteiger charge is -2.33. The van der Waals surface area contributed by atoms with Gasteiger partial charge in [0.15, 0.2) is 0 Å². The number of hydrogen-bond acceptors (Lipinski definition) is 8. The minimum Gasteiger partial charge on any atom is -0.462 e. The maximum absolute atomic E-state index is 12.2. The van der Waals surface area contributed by atoms with Crippen molar-refractivity contribution in [3.63, 3.8) is 0 Å². The molecule has 9 heteroatoms. The lowest BCUT2D eigenvalue weighted by molar-refractivity contribution is -0.120. The number of carbonyl (C=O) groups excluding carboxylic acids is 2. The van der Waals surface area contributed by atoms with Crippen LogP contribution in [0.1, 0.15) is 28.0 Å². The third-order valence-electron chi connectivity index (χ3n) is 4.16. The van der Waals surface area contributed by atoms with E-state index in [2.05, 4.69) is 15.3 Å². The summed E-state index contributed by atoms with van der Waals surface area (Å²) in [5, 5.41) is 3.94. The summed E-state index contributed by atoms with van der Waals surface area (Å²) >= 11 is 1.31. The molecule has 0 aliphatic carbocycles. The monoisotopic (exact) mass is 363 g/mol. The summed E-state index contributed by atoms with van der Waals surface area (Å²) in [6, 6.07) is -0.428. The number of fused-ring (bicyclic) bond motifs is 1. The highest BCUT2D eigenvalue weighted by Crippen LogP contribution is 2.36. The molecule has 134 valence electrons. The van der Waals surface area contributed by atoms with Gasteiger partial charge in [-0.1, -0.05) is 0 Å². The fourth-order valence-electron chi connectivity index (χ4n) is 2.97. The molecule has 2 aromatic rings. The van der Waals surface area contributed by atoms with Gasteiger partial charge in [-0.25, -0.2) is 14.8 Å². The van der Waals surface area contributed by atoms with Crippen LogP contribution in [0, 0.1) is 13.8 Å². The van der Waals surface area contributed by atoms with E-state index in [1.54, 1.807) is 6.92 Å². The van der Waals surface area contributed by atoms with Crippen LogP contribution in [0.15, 0.2) is 0 Å². The van der Waals surface area contributed by atoms with Crippen molar-refractivity contribution >= 4 is 39.2 Å².